The summed E-state index contributed by atoms with van der Waals surface area (Å²) in [5.41, 5.74) is -0.182. The second-order valence-corrected chi connectivity index (χ2v) is 4.09. The Balaban J connectivity index is 3.83. The van der Waals surface area contributed by atoms with Crippen LogP contribution >= 0.6 is 0 Å². The standard InChI is InChI=1S/C9H20N2O2/c1-9(2,3)10-8(12)11(4)6-7-13-5/h6-7H2,1-5H3,(H,10,12). The van der Waals surface area contributed by atoms with Gasteiger partial charge in [0.2, 0.25) is 0 Å². The van der Waals surface area contributed by atoms with E-state index in [1.807, 2.05) is 20.8 Å². The molecule has 0 aliphatic heterocycles. The summed E-state index contributed by atoms with van der Waals surface area (Å²) in [5, 5.41) is 2.86. The Morgan fingerprint density at radius 1 is 1.46 bits per heavy atom. The monoisotopic (exact) mass is 188 g/mol. The number of carbonyl (C=O) groups excluding carboxylic acids is 1. The van der Waals surface area contributed by atoms with Gasteiger partial charge in [-0.1, -0.05) is 0 Å². The summed E-state index contributed by atoms with van der Waals surface area (Å²) in [5.74, 6) is 0. The second kappa shape index (κ2) is 5.07. The van der Waals surface area contributed by atoms with Crippen LogP contribution in [0.5, 0.6) is 0 Å². The zero-order chi connectivity index (χ0) is 10.5. The number of rotatable bonds is 3. The number of methoxy groups -OCH3 is 1. The van der Waals surface area contributed by atoms with Crippen LogP contribution in [0.2, 0.25) is 0 Å². The average molecular weight is 188 g/mol. The molecule has 0 radical (unpaired) electrons. The second-order valence-electron chi connectivity index (χ2n) is 4.09. The van der Waals surface area contributed by atoms with Gasteiger partial charge in [-0.25, -0.2) is 4.79 Å². The lowest BCUT2D eigenvalue weighted by molar-refractivity contribution is 0.156. The molecular formula is C9H20N2O2. The highest BCUT2D eigenvalue weighted by Gasteiger charge is 2.16. The third kappa shape index (κ3) is 6.40. The van der Waals surface area contributed by atoms with Gasteiger partial charge in [0, 0.05) is 26.2 Å². The maximum atomic E-state index is 11.4. The topological polar surface area (TPSA) is 41.6 Å². The van der Waals surface area contributed by atoms with Gasteiger partial charge in [-0.3, -0.25) is 0 Å². The molecule has 2 amide bonds. The summed E-state index contributed by atoms with van der Waals surface area (Å²) in [6, 6.07) is -0.0652. The number of amides is 2. The summed E-state index contributed by atoms with van der Waals surface area (Å²) in [6.45, 7) is 7.03. The van der Waals surface area contributed by atoms with Crippen molar-refractivity contribution in [2.24, 2.45) is 0 Å². The van der Waals surface area contributed by atoms with Crippen molar-refractivity contribution in [3.8, 4) is 0 Å². The molecule has 0 fully saturated rings. The van der Waals surface area contributed by atoms with Gasteiger partial charge in [0.15, 0.2) is 0 Å². The van der Waals surface area contributed by atoms with Crippen molar-refractivity contribution in [1.82, 2.24) is 10.2 Å². The number of urea groups is 1. The highest BCUT2D eigenvalue weighted by molar-refractivity contribution is 5.74. The lowest BCUT2D eigenvalue weighted by atomic mass is 10.1. The number of nitrogens with one attached hydrogen (secondary N) is 1. The molecule has 1 N–H and O–H groups in total. The predicted octanol–water partition coefficient (Wildman–Crippen LogP) is 1.07. The van der Waals surface area contributed by atoms with Crippen LogP contribution in [-0.4, -0.2) is 43.8 Å². The lowest BCUT2D eigenvalue weighted by Crippen LogP contribution is -2.47. The van der Waals surface area contributed by atoms with Gasteiger partial charge in [-0.15, -0.1) is 0 Å². The third-order valence-corrected chi connectivity index (χ3v) is 1.46. The zero-order valence-electron chi connectivity index (χ0n) is 9.18. The molecule has 0 atom stereocenters. The van der Waals surface area contributed by atoms with Crippen LogP contribution in [-0.2, 0) is 4.74 Å². The van der Waals surface area contributed by atoms with Crippen molar-refractivity contribution < 1.29 is 9.53 Å². The van der Waals surface area contributed by atoms with Crippen molar-refractivity contribution in [2.75, 3.05) is 27.3 Å². The van der Waals surface area contributed by atoms with Crippen LogP contribution in [0.3, 0.4) is 0 Å². The zero-order valence-corrected chi connectivity index (χ0v) is 9.18. The van der Waals surface area contributed by atoms with Crippen molar-refractivity contribution in [3.63, 3.8) is 0 Å². The molecular weight excluding hydrogens is 168 g/mol. The van der Waals surface area contributed by atoms with Gasteiger partial charge in [0.05, 0.1) is 6.61 Å². The van der Waals surface area contributed by atoms with E-state index in [0.717, 1.165) is 0 Å². The molecule has 0 aromatic rings. The average Bonchev–Trinajstić information content (AvgIpc) is 1.96. The number of hydrogen-bond donors (Lipinski definition) is 1. The quantitative estimate of drug-likeness (QED) is 0.720. The molecule has 0 bridgehead atoms. The van der Waals surface area contributed by atoms with E-state index in [-0.39, 0.29) is 11.6 Å². The molecule has 0 aromatic carbocycles. The minimum atomic E-state index is -0.182. The van der Waals surface area contributed by atoms with Crippen molar-refractivity contribution in [3.05, 3.63) is 0 Å². The Kier molecular flexibility index (Phi) is 4.77. The van der Waals surface area contributed by atoms with Gasteiger partial charge in [0.25, 0.3) is 0 Å². The molecule has 0 aliphatic rings. The normalized spacial score (nSPS) is 11.2. The van der Waals surface area contributed by atoms with E-state index < -0.39 is 0 Å². The van der Waals surface area contributed by atoms with E-state index in [4.69, 9.17) is 4.74 Å². The Bertz CT molecular complexity index is 163. The van der Waals surface area contributed by atoms with Gasteiger partial charge >= 0.3 is 6.03 Å². The third-order valence-electron chi connectivity index (χ3n) is 1.46. The summed E-state index contributed by atoms with van der Waals surface area (Å²) < 4.78 is 4.87. The molecule has 4 heteroatoms. The van der Waals surface area contributed by atoms with Crippen LogP contribution < -0.4 is 5.32 Å². The molecule has 0 rings (SSSR count). The summed E-state index contributed by atoms with van der Waals surface area (Å²) >= 11 is 0. The van der Waals surface area contributed by atoms with Gasteiger partial charge in [0.1, 0.15) is 0 Å². The first-order valence-electron chi connectivity index (χ1n) is 4.39. The van der Waals surface area contributed by atoms with Crippen LogP contribution in [0.1, 0.15) is 20.8 Å². The van der Waals surface area contributed by atoms with Gasteiger partial charge in [-0.05, 0) is 20.8 Å². The Labute approximate surface area is 80.2 Å². The van der Waals surface area contributed by atoms with Crippen molar-refractivity contribution in [1.29, 1.82) is 0 Å². The minimum Gasteiger partial charge on any atom is -0.383 e. The van der Waals surface area contributed by atoms with Crippen molar-refractivity contribution >= 4 is 6.03 Å². The maximum absolute atomic E-state index is 11.4. The van der Waals surface area contributed by atoms with Crippen LogP contribution in [0.4, 0.5) is 4.79 Å². The smallest absolute Gasteiger partial charge is 0.317 e. The fraction of sp³-hybridized carbons (Fsp3) is 0.889. The predicted molar refractivity (Wildman–Crippen MR) is 52.8 cm³/mol. The number of hydrogen-bond acceptors (Lipinski definition) is 2. The van der Waals surface area contributed by atoms with Crippen LogP contribution in [0.25, 0.3) is 0 Å². The van der Waals surface area contributed by atoms with Gasteiger partial charge < -0.3 is 15.0 Å². The Hall–Kier alpha value is -0.770. The Morgan fingerprint density at radius 3 is 2.38 bits per heavy atom. The number of ether oxygens (including phenoxy) is 1. The van der Waals surface area contributed by atoms with E-state index in [1.54, 1.807) is 19.1 Å². The molecule has 0 saturated carbocycles. The first-order valence-corrected chi connectivity index (χ1v) is 4.39. The van der Waals surface area contributed by atoms with E-state index in [2.05, 4.69) is 5.32 Å². The number of likely N-dealkylation sites (N-methyl/N-ethyl adjacent to an activating group) is 1. The number of carbonyl (C=O) groups is 1. The first kappa shape index (κ1) is 12.2. The summed E-state index contributed by atoms with van der Waals surface area (Å²) in [6.07, 6.45) is 0. The van der Waals surface area contributed by atoms with Gasteiger partial charge in [-0.2, -0.15) is 0 Å². The van der Waals surface area contributed by atoms with Crippen molar-refractivity contribution in [2.45, 2.75) is 26.3 Å². The molecule has 13 heavy (non-hydrogen) atoms. The molecule has 78 valence electrons. The van der Waals surface area contributed by atoms with Crippen LogP contribution in [0, 0.1) is 0 Å². The maximum Gasteiger partial charge on any atom is 0.317 e. The molecule has 0 aliphatic carbocycles. The molecule has 4 nitrogen and oxygen atoms in total. The molecule has 0 saturated heterocycles. The highest BCUT2D eigenvalue weighted by atomic mass is 16.5. The van der Waals surface area contributed by atoms with E-state index in [0.29, 0.717) is 13.2 Å². The molecule has 0 aromatic heterocycles. The van der Waals surface area contributed by atoms with Crippen LogP contribution in [0.15, 0.2) is 0 Å². The lowest BCUT2D eigenvalue weighted by Gasteiger charge is -2.25. The van der Waals surface area contributed by atoms with E-state index in [1.165, 1.54) is 0 Å². The highest BCUT2D eigenvalue weighted by Crippen LogP contribution is 1.99. The summed E-state index contributed by atoms with van der Waals surface area (Å²) in [4.78, 5) is 13.0. The minimum absolute atomic E-state index is 0.0652. The fourth-order valence-electron chi connectivity index (χ4n) is 0.746. The molecule has 0 heterocycles. The Morgan fingerprint density at radius 2 is 2.00 bits per heavy atom. The van der Waals surface area contributed by atoms with E-state index in [9.17, 15) is 4.79 Å². The summed E-state index contributed by atoms with van der Waals surface area (Å²) in [7, 11) is 3.37. The van der Waals surface area contributed by atoms with E-state index >= 15 is 0 Å². The fourth-order valence-corrected chi connectivity index (χ4v) is 0.746. The largest absolute Gasteiger partial charge is 0.383 e. The SMILES string of the molecule is COCCN(C)C(=O)NC(C)(C)C. The molecule has 0 unspecified atom stereocenters. The molecule has 0 spiro atoms. The number of nitrogens with zero attached hydrogens (tertiary/aromatic N) is 1. The first-order chi connectivity index (χ1) is 5.87.